The summed E-state index contributed by atoms with van der Waals surface area (Å²) in [5.41, 5.74) is 6.18. The molecule has 2 atom stereocenters. The number of carbonyl (C=O) groups excluding carboxylic acids is 1. The molecule has 3 aromatic carbocycles. The number of imidazole rings is 1. The third kappa shape index (κ3) is 4.89. The van der Waals surface area contributed by atoms with Crippen LogP contribution < -0.4 is 5.32 Å². The van der Waals surface area contributed by atoms with Crippen LogP contribution in [0.15, 0.2) is 71.9 Å². The topological polar surface area (TPSA) is 73.9 Å². The summed E-state index contributed by atoms with van der Waals surface area (Å²) >= 11 is 3.40. The molecule has 6 rings (SSSR count). The minimum absolute atomic E-state index is 0.0293. The van der Waals surface area contributed by atoms with Crippen LogP contribution in [0.2, 0.25) is 0 Å². The fraction of sp³-hybridized carbons (Fsp3) is 0.250. The van der Waals surface area contributed by atoms with Crippen LogP contribution in [0.3, 0.4) is 0 Å². The van der Waals surface area contributed by atoms with Crippen LogP contribution in [0, 0.1) is 13.8 Å². The third-order valence-electron chi connectivity index (χ3n) is 6.54. The van der Waals surface area contributed by atoms with Gasteiger partial charge in [0.1, 0.15) is 0 Å². The number of benzene rings is 3. The van der Waals surface area contributed by atoms with Gasteiger partial charge < -0.3 is 10.3 Å². The van der Waals surface area contributed by atoms with Crippen molar-refractivity contribution in [2.24, 2.45) is 0 Å². The number of aryl methyl sites for hydroxylation is 2. The maximum absolute atomic E-state index is 13.6. The van der Waals surface area contributed by atoms with Crippen molar-refractivity contribution in [3.63, 3.8) is 0 Å². The summed E-state index contributed by atoms with van der Waals surface area (Å²) in [6.45, 7) is 5.66. The van der Waals surface area contributed by atoms with Crippen molar-refractivity contribution in [2.75, 3.05) is 11.9 Å². The Hall–Kier alpha value is -3.20. The smallest absolute Gasteiger partial charge is 0.241 e. The quantitative estimate of drug-likeness (QED) is 0.284. The van der Waals surface area contributed by atoms with E-state index in [1.807, 2.05) is 49.4 Å². The number of rotatable bonds is 6. The first kappa shape index (κ1) is 23.2. The molecule has 2 aromatic heterocycles. The maximum atomic E-state index is 13.6. The molecule has 0 bridgehead atoms. The third-order valence-corrected chi connectivity index (χ3v) is 8.59. The number of H-pyrrole nitrogens is 1. The molecule has 1 fully saturated rings. The molecular formula is C28H27N5OS2. The van der Waals surface area contributed by atoms with E-state index >= 15 is 0 Å². The van der Waals surface area contributed by atoms with Gasteiger partial charge in [-0.1, -0.05) is 53.7 Å². The van der Waals surface area contributed by atoms with Crippen molar-refractivity contribution in [3.05, 3.63) is 82.9 Å². The number of hydrogen-bond donors (Lipinski definition) is 2. The van der Waals surface area contributed by atoms with Gasteiger partial charge in [0.25, 0.3) is 0 Å². The van der Waals surface area contributed by atoms with Gasteiger partial charge in [-0.15, -0.1) is 11.3 Å². The summed E-state index contributed by atoms with van der Waals surface area (Å²) < 4.78 is 1.13. The van der Waals surface area contributed by atoms with E-state index in [1.165, 1.54) is 11.1 Å². The molecule has 3 heterocycles. The number of aromatic amines is 1. The minimum atomic E-state index is -0.222. The fourth-order valence-electron chi connectivity index (χ4n) is 4.93. The molecule has 0 radical (unpaired) electrons. The molecule has 36 heavy (non-hydrogen) atoms. The first-order chi connectivity index (χ1) is 17.5. The number of nitrogens with one attached hydrogen (secondary N) is 2. The lowest BCUT2D eigenvalue weighted by Gasteiger charge is -2.23. The fourth-order valence-corrected chi connectivity index (χ4v) is 6.92. The summed E-state index contributed by atoms with van der Waals surface area (Å²) in [6.07, 6.45) is 0.761. The number of anilines is 1. The van der Waals surface area contributed by atoms with Gasteiger partial charge in [-0.25, -0.2) is 9.97 Å². The monoisotopic (exact) mass is 513 g/mol. The number of amides is 1. The van der Waals surface area contributed by atoms with Gasteiger partial charge in [0.15, 0.2) is 5.16 Å². The highest BCUT2D eigenvalue weighted by Crippen LogP contribution is 2.34. The Labute approximate surface area is 218 Å². The summed E-state index contributed by atoms with van der Waals surface area (Å²) in [5, 5.41) is 5.36. The Kier molecular flexibility index (Phi) is 6.25. The molecular weight excluding hydrogens is 486 g/mol. The molecule has 1 saturated heterocycles. The maximum Gasteiger partial charge on any atom is 0.241 e. The van der Waals surface area contributed by atoms with Gasteiger partial charge in [0.05, 0.1) is 32.3 Å². The lowest BCUT2D eigenvalue weighted by molar-refractivity contribution is -0.120. The Balaban J connectivity index is 1.22. The molecule has 0 unspecified atom stereocenters. The van der Waals surface area contributed by atoms with E-state index in [0.29, 0.717) is 0 Å². The standard InChI is InChI=1S/C28H27N5OS2/c1-17-6-5-7-19(12-17)15-33-16-21(36-28-31-22-8-3-4-9-23(22)32-28)14-25(33)27(34)30-20-10-11-26-24(13-20)29-18(2)35-26/h3-13,21,25H,14-16H2,1-2H3,(H,30,34)(H,31,32)/t21-,25-/m0/s1. The number of aromatic nitrogens is 3. The zero-order valence-electron chi connectivity index (χ0n) is 20.2. The number of nitrogens with zero attached hydrogens (tertiary/aromatic N) is 3. The number of thiazole rings is 1. The van der Waals surface area contributed by atoms with E-state index in [4.69, 9.17) is 4.98 Å². The molecule has 0 saturated carbocycles. The molecule has 2 N–H and O–H groups in total. The number of likely N-dealkylation sites (tertiary alicyclic amines) is 1. The Morgan fingerprint density at radius 2 is 1.97 bits per heavy atom. The normalized spacial score (nSPS) is 18.3. The first-order valence-corrected chi connectivity index (χ1v) is 13.8. The minimum Gasteiger partial charge on any atom is -0.333 e. The summed E-state index contributed by atoms with van der Waals surface area (Å²) in [4.78, 5) is 28.6. The summed E-state index contributed by atoms with van der Waals surface area (Å²) in [5.74, 6) is 0.0293. The van der Waals surface area contributed by atoms with Crippen molar-refractivity contribution in [3.8, 4) is 0 Å². The van der Waals surface area contributed by atoms with Crippen LogP contribution in [0.25, 0.3) is 21.3 Å². The van der Waals surface area contributed by atoms with E-state index in [1.54, 1.807) is 23.1 Å². The van der Waals surface area contributed by atoms with Crippen LogP contribution in [-0.2, 0) is 11.3 Å². The van der Waals surface area contributed by atoms with Crippen molar-refractivity contribution < 1.29 is 4.79 Å². The lowest BCUT2D eigenvalue weighted by atomic mass is 10.1. The largest absolute Gasteiger partial charge is 0.333 e. The number of fused-ring (bicyclic) bond motifs is 2. The first-order valence-electron chi connectivity index (χ1n) is 12.1. The van der Waals surface area contributed by atoms with Crippen LogP contribution in [0.4, 0.5) is 5.69 Å². The van der Waals surface area contributed by atoms with Crippen molar-refractivity contribution in [1.29, 1.82) is 0 Å². The van der Waals surface area contributed by atoms with E-state index in [9.17, 15) is 4.79 Å². The van der Waals surface area contributed by atoms with Crippen molar-refractivity contribution in [2.45, 2.75) is 43.3 Å². The SMILES string of the molecule is Cc1cccc(CN2C[C@@H](Sc3nc4ccccc4[nH]3)C[C@H]2C(=O)Nc2ccc3sc(C)nc3c2)c1. The van der Waals surface area contributed by atoms with E-state index < -0.39 is 0 Å². The zero-order chi connectivity index (χ0) is 24.6. The second-order valence-electron chi connectivity index (χ2n) is 9.37. The van der Waals surface area contributed by atoms with Crippen LogP contribution in [-0.4, -0.2) is 43.6 Å². The predicted molar refractivity (Wildman–Crippen MR) is 149 cm³/mol. The molecule has 0 aliphatic carbocycles. The van der Waals surface area contributed by atoms with E-state index in [2.05, 4.69) is 51.4 Å². The zero-order valence-corrected chi connectivity index (χ0v) is 21.8. The Morgan fingerprint density at radius 3 is 2.83 bits per heavy atom. The molecule has 6 nitrogen and oxygen atoms in total. The average molecular weight is 514 g/mol. The van der Waals surface area contributed by atoms with Gasteiger partial charge >= 0.3 is 0 Å². The highest BCUT2D eigenvalue weighted by atomic mass is 32.2. The summed E-state index contributed by atoms with van der Waals surface area (Å²) in [7, 11) is 0. The second-order valence-corrected chi connectivity index (χ2v) is 11.9. The van der Waals surface area contributed by atoms with E-state index in [-0.39, 0.29) is 17.2 Å². The molecule has 8 heteroatoms. The Bertz CT molecular complexity index is 1530. The van der Waals surface area contributed by atoms with Gasteiger partial charge in [-0.05, 0) is 56.2 Å². The van der Waals surface area contributed by atoms with Crippen LogP contribution in [0.1, 0.15) is 22.6 Å². The molecule has 182 valence electrons. The predicted octanol–water partition coefficient (Wildman–Crippen LogP) is 6.16. The number of para-hydroxylation sites is 2. The number of hydrogen-bond acceptors (Lipinski definition) is 6. The summed E-state index contributed by atoms with van der Waals surface area (Å²) in [6, 6.07) is 22.4. The van der Waals surface area contributed by atoms with Crippen LogP contribution >= 0.6 is 23.1 Å². The molecule has 5 aromatic rings. The van der Waals surface area contributed by atoms with E-state index in [0.717, 1.165) is 56.6 Å². The molecule has 0 spiro atoms. The molecule has 1 aliphatic rings. The Morgan fingerprint density at radius 1 is 1.08 bits per heavy atom. The molecule has 1 amide bonds. The van der Waals surface area contributed by atoms with Crippen molar-refractivity contribution in [1.82, 2.24) is 19.9 Å². The second kappa shape index (κ2) is 9.69. The number of carbonyl (C=O) groups is 1. The average Bonchev–Trinajstić information content (AvgIpc) is 3.54. The van der Waals surface area contributed by atoms with Crippen molar-refractivity contribution >= 4 is 55.9 Å². The van der Waals surface area contributed by atoms with Gasteiger partial charge in [0, 0.05) is 24.0 Å². The highest BCUT2D eigenvalue weighted by molar-refractivity contribution is 7.99. The van der Waals surface area contributed by atoms with Crippen LogP contribution in [0.5, 0.6) is 0 Å². The van der Waals surface area contributed by atoms with Gasteiger partial charge in [-0.2, -0.15) is 0 Å². The van der Waals surface area contributed by atoms with Gasteiger partial charge in [-0.3, -0.25) is 9.69 Å². The molecule has 1 aliphatic heterocycles. The highest BCUT2D eigenvalue weighted by Gasteiger charge is 2.37. The van der Waals surface area contributed by atoms with Gasteiger partial charge in [0.2, 0.25) is 5.91 Å². The lowest BCUT2D eigenvalue weighted by Crippen LogP contribution is -2.39. The number of thioether (sulfide) groups is 1.